The molecule has 0 saturated carbocycles. The number of hydrogen-bond donors (Lipinski definition) is 1. The Labute approximate surface area is 133 Å². The number of hydrogen-bond acceptors (Lipinski definition) is 4. The zero-order chi connectivity index (χ0) is 14.8. The summed E-state index contributed by atoms with van der Waals surface area (Å²) in [5.74, 6) is 0. The van der Waals surface area contributed by atoms with Gasteiger partial charge in [-0.05, 0) is 49.4 Å². The summed E-state index contributed by atoms with van der Waals surface area (Å²) < 4.78 is 26.3. The third-order valence-corrected chi connectivity index (χ3v) is 6.67. The second kappa shape index (κ2) is 6.94. The van der Waals surface area contributed by atoms with Crippen molar-refractivity contribution in [1.82, 2.24) is 10.2 Å². The van der Waals surface area contributed by atoms with Crippen LogP contribution in [0.1, 0.15) is 37.8 Å². The van der Waals surface area contributed by atoms with E-state index in [9.17, 15) is 8.78 Å². The van der Waals surface area contributed by atoms with Crippen molar-refractivity contribution in [1.29, 1.82) is 0 Å². The van der Waals surface area contributed by atoms with Crippen LogP contribution in [-0.4, -0.2) is 42.3 Å². The molecule has 2 nitrogen and oxygen atoms in total. The highest BCUT2D eigenvalue weighted by molar-refractivity contribution is 8.01. The highest BCUT2D eigenvalue weighted by atomic mass is 32.2. The van der Waals surface area contributed by atoms with Gasteiger partial charge in [0.15, 0.2) is 0 Å². The maximum atomic E-state index is 12.4. The van der Waals surface area contributed by atoms with Crippen molar-refractivity contribution in [2.24, 2.45) is 0 Å². The minimum absolute atomic E-state index is 0.0709. The third-order valence-electron chi connectivity index (χ3n) is 4.33. The molecule has 0 aliphatic carbocycles. The topological polar surface area (TPSA) is 15.3 Å². The van der Waals surface area contributed by atoms with E-state index in [1.807, 2.05) is 28.0 Å². The Bertz CT molecular complexity index is 458. The van der Waals surface area contributed by atoms with E-state index in [0.717, 1.165) is 32.4 Å². The summed E-state index contributed by atoms with van der Waals surface area (Å²) in [5, 5.41) is 6.61. The number of nitrogens with one attached hydrogen (secondary N) is 1. The first-order chi connectivity index (χ1) is 10.1. The number of rotatable bonds is 4. The predicted molar refractivity (Wildman–Crippen MR) is 85.6 cm³/mol. The second-order valence-electron chi connectivity index (χ2n) is 6.01. The van der Waals surface area contributed by atoms with E-state index in [-0.39, 0.29) is 6.54 Å². The lowest BCUT2D eigenvalue weighted by molar-refractivity contribution is 0.0718. The minimum Gasteiger partial charge on any atom is -0.307 e. The van der Waals surface area contributed by atoms with Crippen molar-refractivity contribution in [3.8, 4) is 0 Å². The highest BCUT2D eigenvalue weighted by Crippen LogP contribution is 2.44. The second-order valence-corrected chi connectivity index (χ2v) is 8.64. The van der Waals surface area contributed by atoms with Gasteiger partial charge in [0.25, 0.3) is 6.43 Å². The monoisotopic (exact) mass is 332 g/mol. The highest BCUT2D eigenvalue weighted by Gasteiger charge is 2.29. The van der Waals surface area contributed by atoms with Gasteiger partial charge < -0.3 is 5.32 Å². The Balaban J connectivity index is 1.54. The molecule has 6 heteroatoms. The average molecular weight is 332 g/mol. The molecule has 0 aromatic carbocycles. The van der Waals surface area contributed by atoms with Crippen LogP contribution in [0.15, 0.2) is 15.7 Å². The summed E-state index contributed by atoms with van der Waals surface area (Å²) in [6, 6.07) is 3.14. The fraction of sp³-hybridized carbons (Fsp3) is 0.733. The Hall–Kier alpha value is -0.170. The van der Waals surface area contributed by atoms with Gasteiger partial charge in [-0.25, -0.2) is 8.78 Å². The summed E-state index contributed by atoms with van der Waals surface area (Å²) in [6.07, 6.45) is 0.902. The number of halogens is 2. The SMILES string of the molecule is C[C@H]1C[C@H](NC2CCN(CC(F)F)CC2)c2ccsc2S1. The molecule has 118 valence electrons. The van der Waals surface area contributed by atoms with Crippen molar-refractivity contribution >= 4 is 23.1 Å². The number of fused-ring (bicyclic) bond motifs is 1. The molecule has 1 fully saturated rings. The van der Waals surface area contributed by atoms with Crippen LogP contribution in [0.3, 0.4) is 0 Å². The molecule has 0 unspecified atom stereocenters. The molecule has 1 aromatic heterocycles. The summed E-state index contributed by atoms with van der Waals surface area (Å²) in [6.45, 7) is 3.79. The van der Waals surface area contributed by atoms with Crippen molar-refractivity contribution in [2.75, 3.05) is 19.6 Å². The molecule has 2 aliphatic rings. The van der Waals surface area contributed by atoms with E-state index >= 15 is 0 Å². The van der Waals surface area contributed by atoms with Crippen molar-refractivity contribution in [2.45, 2.75) is 54.2 Å². The Morgan fingerprint density at radius 3 is 2.86 bits per heavy atom. The van der Waals surface area contributed by atoms with Crippen LogP contribution in [0.4, 0.5) is 8.78 Å². The predicted octanol–water partition coefficient (Wildman–Crippen LogP) is 3.99. The number of piperidine rings is 1. The Kier molecular flexibility index (Phi) is 5.19. The van der Waals surface area contributed by atoms with E-state index in [1.165, 1.54) is 9.77 Å². The van der Waals surface area contributed by atoms with Gasteiger partial charge in [0.05, 0.1) is 10.8 Å². The first-order valence-corrected chi connectivity index (χ1v) is 9.38. The molecule has 0 bridgehead atoms. The van der Waals surface area contributed by atoms with Crippen LogP contribution in [-0.2, 0) is 0 Å². The first-order valence-electron chi connectivity index (χ1n) is 7.62. The zero-order valence-corrected chi connectivity index (χ0v) is 13.9. The van der Waals surface area contributed by atoms with Crippen molar-refractivity contribution < 1.29 is 8.78 Å². The van der Waals surface area contributed by atoms with Crippen molar-refractivity contribution in [3.63, 3.8) is 0 Å². The van der Waals surface area contributed by atoms with Crippen LogP contribution < -0.4 is 5.32 Å². The first kappa shape index (κ1) is 15.7. The van der Waals surface area contributed by atoms with Gasteiger partial charge >= 0.3 is 0 Å². The molecule has 1 saturated heterocycles. The molecule has 0 amide bonds. The standard InChI is InChI=1S/C15H22F2N2S2/c1-10-8-13(12-4-7-20-15(12)21-10)18-11-2-5-19(6-3-11)9-14(16)17/h4,7,10-11,13-14,18H,2-3,5-6,8-9H2,1H3/t10-,13-/m0/s1. The van der Waals surface area contributed by atoms with Crippen LogP contribution >= 0.6 is 23.1 Å². The molecular formula is C15H22F2N2S2. The lowest BCUT2D eigenvalue weighted by Crippen LogP contribution is -2.45. The summed E-state index contributed by atoms with van der Waals surface area (Å²) in [7, 11) is 0. The lowest BCUT2D eigenvalue weighted by atomic mass is 9.99. The fourth-order valence-electron chi connectivity index (χ4n) is 3.27. The minimum atomic E-state index is -2.21. The smallest absolute Gasteiger partial charge is 0.251 e. The van der Waals surface area contributed by atoms with Crippen LogP contribution in [0.25, 0.3) is 0 Å². The summed E-state index contributed by atoms with van der Waals surface area (Å²) in [4.78, 5) is 1.89. The van der Waals surface area contributed by atoms with Crippen LogP contribution in [0.5, 0.6) is 0 Å². The van der Waals surface area contributed by atoms with Gasteiger partial charge in [0.2, 0.25) is 0 Å². The average Bonchev–Trinajstić information content (AvgIpc) is 2.88. The lowest BCUT2D eigenvalue weighted by Gasteiger charge is -2.36. The normalized spacial score (nSPS) is 28.0. The molecule has 0 spiro atoms. The van der Waals surface area contributed by atoms with Crippen LogP contribution in [0, 0.1) is 0 Å². The van der Waals surface area contributed by atoms with Gasteiger partial charge in [-0.3, -0.25) is 4.90 Å². The molecule has 1 aromatic rings. The van der Waals surface area contributed by atoms with Gasteiger partial charge in [-0.1, -0.05) is 6.92 Å². The molecular weight excluding hydrogens is 310 g/mol. The van der Waals surface area contributed by atoms with E-state index in [2.05, 4.69) is 23.7 Å². The van der Waals surface area contributed by atoms with Crippen LogP contribution in [0.2, 0.25) is 0 Å². The Morgan fingerprint density at radius 2 is 2.14 bits per heavy atom. The Morgan fingerprint density at radius 1 is 1.38 bits per heavy atom. The quantitative estimate of drug-likeness (QED) is 0.897. The number of nitrogens with zero attached hydrogens (tertiary/aromatic N) is 1. The van der Waals surface area contributed by atoms with Gasteiger partial charge in [0.1, 0.15) is 0 Å². The molecule has 1 N–H and O–H groups in total. The number of thiophene rings is 1. The molecule has 2 aliphatic heterocycles. The van der Waals surface area contributed by atoms with Gasteiger partial charge in [-0.15, -0.1) is 23.1 Å². The molecule has 3 rings (SSSR count). The molecule has 21 heavy (non-hydrogen) atoms. The van der Waals surface area contributed by atoms with Gasteiger partial charge in [0, 0.05) is 17.3 Å². The van der Waals surface area contributed by atoms with E-state index in [0.29, 0.717) is 17.3 Å². The van der Waals surface area contributed by atoms with E-state index in [4.69, 9.17) is 0 Å². The third kappa shape index (κ3) is 3.97. The zero-order valence-electron chi connectivity index (χ0n) is 12.2. The molecule has 2 atom stereocenters. The number of likely N-dealkylation sites (tertiary alicyclic amines) is 1. The van der Waals surface area contributed by atoms with Crippen molar-refractivity contribution in [3.05, 3.63) is 17.0 Å². The largest absolute Gasteiger partial charge is 0.307 e. The summed E-state index contributed by atoms with van der Waals surface area (Å²) >= 11 is 3.81. The molecule has 3 heterocycles. The number of thioether (sulfide) groups is 1. The van der Waals surface area contributed by atoms with Gasteiger partial charge in [-0.2, -0.15) is 0 Å². The number of alkyl halides is 2. The maximum Gasteiger partial charge on any atom is 0.251 e. The fourth-order valence-corrected chi connectivity index (χ4v) is 5.84. The maximum absolute atomic E-state index is 12.4. The van der Waals surface area contributed by atoms with E-state index in [1.54, 1.807) is 0 Å². The van der Waals surface area contributed by atoms with E-state index < -0.39 is 6.43 Å². The molecule has 0 radical (unpaired) electrons. The summed E-state index contributed by atoms with van der Waals surface area (Å²) in [5.41, 5.74) is 1.44.